The molecule has 0 fully saturated rings. The van der Waals surface area contributed by atoms with Crippen LogP contribution >= 0.6 is 0 Å². The molecule has 0 aliphatic heterocycles. The topological polar surface area (TPSA) is 84.9 Å². The van der Waals surface area contributed by atoms with Gasteiger partial charge < -0.3 is 19.9 Å². The molecule has 0 saturated heterocycles. The average molecular weight is 253 g/mol. The second-order valence-electron chi connectivity index (χ2n) is 3.43. The number of hydrogen-bond acceptors (Lipinski definition) is 4. The summed E-state index contributed by atoms with van der Waals surface area (Å²) in [5.41, 5.74) is 0.508. The van der Waals surface area contributed by atoms with E-state index in [4.69, 9.17) is 14.6 Å². The van der Waals surface area contributed by atoms with Gasteiger partial charge in [0.15, 0.2) is 0 Å². The first kappa shape index (κ1) is 14.0. The molecule has 0 aliphatic carbocycles. The molecule has 0 saturated carbocycles. The monoisotopic (exact) mass is 253 g/mol. The fourth-order valence-corrected chi connectivity index (χ4v) is 1.24. The lowest BCUT2D eigenvalue weighted by molar-refractivity contribution is -0.142. The van der Waals surface area contributed by atoms with E-state index >= 15 is 0 Å². The number of nitrogens with one attached hydrogen (secondary N) is 1. The van der Waals surface area contributed by atoms with Crippen LogP contribution in [-0.4, -0.2) is 43.9 Å². The Morgan fingerprint density at radius 2 is 1.94 bits per heavy atom. The van der Waals surface area contributed by atoms with E-state index < -0.39 is 5.97 Å². The summed E-state index contributed by atoms with van der Waals surface area (Å²) in [6.07, 6.45) is 0. The number of amides is 1. The Bertz CT molecular complexity index is 401. The number of carboxylic acid groups (broad SMARTS) is 1. The minimum absolute atomic E-state index is 0.161. The zero-order valence-corrected chi connectivity index (χ0v) is 10.0. The zero-order chi connectivity index (χ0) is 13.4. The highest BCUT2D eigenvalue weighted by molar-refractivity contribution is 5.94. The largest absolute Gasteiger partial charge is 0.497 e. The van der Waals surface area contributed by atoms with Gasteiger partial charge in [-0.15, -0.1) is 0 Å². The number of methoxy groups -OCH3 is 1. The maximum absolute atomic E-state index is 11.6. The first-order valence-corrected chi connectivity index (χ1v) is 5.35. The van der Waals surface area contributed by atoms with Crippen molar-refractivity contribution in [2.75, 3.05) is 26.9 Å². The minimum atomic E-state index is -1.03. The Morgan fingerprint density at radius 1 is 1.28 bits per heavy atom. The molecular weight excluding hydrogens is 238 g/mol. The van der Waals surface area contributed by atoms with E-state index in [1.54, 1.807) is 31.4 Å². The highest BCUT2D eigenvalue weighted by Gasteiger charge is 2.04. The van der Waals surface area contributed by atoms with Gasteiger partial charge in [0.2, 0.25) is 0 Å². The molecule has 18 heavy (non-hydrogen) atoms. The van der Waals surface area contributed by atoms with Crippen molar-refractivity contribution in [1.82, 2.24) is 5.32 Å². The molecule has 1 rings (SSSR count). The van der Waals surface area contributed by atoms with Crippen LogP contribution in [0.2, 0.25) is 0 Å². The summed E-state index contributed by atoms with van der Waals surface area (Å²) in [6, 6.07) is 6.67. The number of ether oxygens (including phenoxy) is 2. The van der Waals surface area contributed by atoms with E-state index in [9.17, 15) is 9.59 Å². The molecule has 1 aromatic carbocycles. The van der Waals surface area contributed by atoms with Gasteiger partial charge in [0.25, 0.3) is 5.91 Å². The van der Waals surface area contributed by atoms with Crippen LogP contribution in [0, 0.1) is 0 Å². The van der Waals surface area contributed by atoms with Crippen molar-refractivity contribution in [3.05, 3.63) is 29.8 Å². The van der Waals surface area contributed by atoms with Crippen LogP contribution in [0.15, 0.2) is 24.3 Å². The van der Waals surface area contributed by atoms with Crippen LogP contribution < -0.4 is 10.1 Å². The first-order valence-electron chi connectivity index (χ1n) is 5.35. The SMILES string of the molecule is COc1ccc(C(=O)NCCOCC(=O)O)cc1. The van der Waals surface area contributed by atoms with Gasteiger partial charge in [0.05, 0.1) is 13.7 Å². The van der Waals surface area contributed by atoms with Gasteiger partial charge in [-0.25, -0.2) is 4.79 Å². The number of carbonyl (C=O) groups is 2. The van der Waals surface area contributed by atoms with Crippen molar-refractivity contribution in [3.8, 4) is 5.75 Å². The molecule has 0 bridgehead atoms. The molecule has 6 nitrogen and oxygen atoms in total. The molecular formula is C12H15NO5. The molecule has 0 aliphatic rings. The Kier molecular flexibility index (Phi) is 5.66. The lowest BCUT2D eigenvalue weighted by atomic mass is 10.2. The van der Waals surface area contributed by atoms with Crippen LogP contribution in [-0.2, 0) is 9.53 Å². The predicted octanol–water partition coefficient (Wildman–Crippen LogP) is 0.526. The van der Waals surface area contributed by atoms with Gasteiger partial charge in [0, 0.05) is 12.1 Å². The van der Waals surface area contributed by atoms with Gasteiger partial charge in [-0.05, 0) is 24.3 Å². The van der Waals surface area contributed by atoms with Crippen LogP contribution in [0.25, 0.3) is 0 Å². The molecule has 2 N–H and O–H groups in total. The summed E-state index contributed by atoms with van der Waals surface area (Å²) in [5.74, 6) is -0.593. The van der Waals surface area contributed by atoms with Gasteiger partial charge in [0.1, 0.15) is 12.4 Å². The van der Waals surface area contributed by atoms with Crippen molar-refractivity contribution < 1.29 is 24.2 Å². The van der Waals surface area contributed by atoms with Gasteiger partial charge >= 0.3 is 5.97 Å². The van der Waals surface area contributed by atoms with Gasteiger partial charge in [-0.2, -0.15) is 0 Å². The number of carboxylic acids is 1. The normalized spacial score (nSPS) is 9.83. The highest BCUT2D eigenvalue weighted by atomic mass is 16.5. The number of rotatable bonds is 7. The molecule has 1 amide bonds. The Labute approximate surface area is 105 Å². The van der Waals surface area contributed by atoms with E-state index in [2.05, 4.69) is 5.32 Å². The number of aliphatic carboxylic acids is 1. The molecule has 6 heteroatoms. The highest BCUT2D eigenvalue weighted by Crippen LogP contribution is 2.10. The molecule has 98 valence electrons. The first-order chi connectivity index (χ1) is 8.63. The van der Waals surface area contributed by atoms with E-state index in [1.807, 2.05) is 0 Å². The minimum Gasteiger partial charge on any atom is -0.497 e. The fourth-order valence-electron chi connectivity index (χ4n) is 1.24. The summed E-state index contributed by atoms with van der Waals surface area (Å²) in [7, 11) is 1.55. The number of hydrogen-bond donors (Lipinski definition) is 2. The van der Waals surface area contributed by atoms with Crippen molar-refractivity contribution in [3.63, 3.8) is 0 Å². The second kappa shape index (κ2) is 7.29. The Balaban J connectivity index is 2.29. The Morgan fingerprint density at radius 3 is 2.50 bits per heavy atom. The summed E-state index contributed by atoms with van der Waals surface area (Å²) in [6.45, 7) is 0.0603. The van der Waals surface area contributed by atoms with Crippen LogP contribution in [0.1, 0.15) is 10.4 Å². The molecule has 0 aromatic heterocycles. The number of benzene rings is 1. The van der Waals surface area contributed by atoms with E-state index in [0.29, 0.717) is 11.3 Å². The second-order valence-corrected chi connectivity index (χ2v) is 3.43. The third-order valence-electron chi connectivity index (χ3n) is 2.11. The molecule has 0 spiro atoms. The molecule has 1 aromatic rings. The third kappa shape index (κ3) is 4.84. The zero-order valence-electron chi connectivity index (χ0n) is 10.0. The summed E-state index contributed by atoms with van der Waals surface area (Å²) < 4.78 is 9.76. The quantitative estimate of drug-likeness (QED) is 0.692. The lowest BCUT2D eigenvalue weighted by Gasteiger charge is -2.06. The number of carbonyl (C=O) groups excluding carboxylic acids is 1. The van der Waals surface area contributed by atoms with Crippen molar-refractivity contribution >= 4 is 11.9 Å². The average Bonchev–Trinajstić information content (AvgIpc) is 2.38. The van der Waals surface area contributed by atoms with Crippen molar-refractivity contribution in [2.24, 2.45) is 0 Å². The maximum Gasteiger partial charge on any atom is 0.329 e. The molecule has 0 atom stereocenters. The standard InChI is InChI=1S/C12H15NO5/c1-17-10-4-2-9(3-5-10)12(16)13-6-7-18-8-11(14)15/h2-5H,6-8H2,1H3,(H,13,16)(H,14,15). The van der Waals surface area contributed by atoms with Gasteiger partial charge in [-0.1, -0.05) is 0 Å². The smallest absolute Gasteiger partial charge is 0.329 e. The van der Waals surface area contributed by atoms with Crippen LogP contribution in [0.5, 0.6) is 5.75 Å². The summed E-state index contributed by atoms with van der Waals surface area (Å²) in [5, 5.41) is 10.9. The summed E-state index contributed by atoms with van der Waals surface area (Å²) in [4.78, 5) is 21.8. The lowest BCUT2D eigenvalue weighted by Crippen LogP contribution is -2.27. The molecule has 0 unspecified atom stereocenters. The van der Waals surface area contributed by atoms with E-state index in [0.717, 1.165) is 0 Å². The van der Waals surface area contributed by atoms with Crippen molar-refractivity contribution in [1.29, 1.82) is 0 Å². The molecule has 0 radical (unpaired) electrons. The van der Waals surface area contributed by atoms with Gasteiger partial charge in [-0.3, -0.25) is 4.79 Å². The fraction of sp³-hybridized carbons (Fsp3) is 0.333. The Hall–Kier alpha value is -2.08. The van der Waals surface area contributed by atoms with Crippen LogP contribution in [0.4, 0.5) is 0 Å². The summed E-state index contributed by atoms with van der Waals surface area (Å²) >= 11 is 0. The third-order valence-corrected chi connectivity index (χ3v) is 2.11. The van der Waals surface area contributed by atoms with E-state index in [-0.39, 0.29) is 25.7 Å². The van der Waals surface area contributed by atoms with Crippen LogP contribution in [0.3, 0.4) is 0 Å². The maximum atomic E-state index is 11.6. The molecule has 0 heterocycles. The van der Waals surface area contributed by atoms with E-state index in [1.165, 1.54) is 0 Å². The predicted molar refractivity (Wildman–Crippen MR) is 63.8 cm³/mol. The van der Waals surface area contributed by atoms with Crippen molar-refractivity contribution in [2.45, 2.75) is 0 Å².